The zero-order chi connectivity index (χ0) is 14.2. The maximum absolute atomic E-state index is 11.5. The van der Waals surface area contributed by atoms with Crippen molar-refractivity contribution in [1.82, 2.24) is 10.6 Å². The van der Waals surface area contributed by atoms with E-state index < -0.39 is 6.04 Å². The van der Waals surface area contributed by atoms with Gasteiger partial charge in [-0.1, -0.05) is 34.1 Å². The summed E-state index contributed by atoms with van der Waals surface area (Å²) in [5, 5.41) is 13.9. The summed E-state index contributed by atoms with van der Waals surface area (Å²) in [6.07, 6.45) is 1.82. The van der Waals surface area contributed by atoms with Crippen molar-refractivity contribution in [1.29, 1.82) is 5.26 Å². The summed E-state index contributed by atoms with van der Waals surface area (Å²) < 4.78 is 0. The third-order valence-corrected chi connectivity index (χ3v) is 2.21. The van der Waals surface area contributed by atoms with Crippen molar-refractivity contribution >= 4 is 11.8 Å². The van der Waals surface area contributed by atoms with Crippen LogP contribution in [0.1, 0.15) is 47.0 Å². The highest BCUT2D eigenvalue weighted by molar-refractivity contribution is 5.85. The molecule has 0 saturated heterocycles. The summed E-state index contributed by atoms with van der Waals surface area (Å²) in [7, 11) is 0. The summed E-state index contributed by atoms with van der Waals surface area (Å²) in [6.45, 7) is 7.75. The SMILES string of the molecule is CCCC(C#N)NC(=O)CNC(=O)CC(C)(C)C. The van der Waals surface area contributed by atoms with E-state index in [1.807, 2.05) is 33.8 Å². The number of nitrogens with one attached hydrogen (secondary N) is 2. The molecule has 0 aromatic heterocycles. The molecule has 0 spiro atoms. The second-order valence-corrected chi connectivity index (χ2v) is 5.55. The van der Waals surface area contributed by atoms with Crippen LogP contribution in [-0.4, -0.2) is 24.4 Å². The maximum Gasteiger partial charge on any atom is 0.240 e. The fourth-order valence-corrected chi connectivity index (χ4v) is 1.43. The Hall–Kier alpha value is -1.57. The van der Waals surface area contributed by atoms with E-state index >= 15 is 0 Å². The minimum atomic E-state index is -0.470. The monoisotopic (exact) mass is 253 g/mol. The lowest BCUT2D eigenvalue weighted by atomic mass is 9.92. The largest absolute Gasteiger partial charge is 0.347 e. The van der Waals surface area contributed by atoms with Crippen molar-refractivity contribution in [2.24, 2.45) is 5.41 Å². The van der Waals surface area contributed by atoms with Gasteiger partial charge in [0.25, 0.3) is 0 Å². The van der Waals surface area contributed by atoms with Crippen LogP contribution < -0.4 is 10.6 Å². The number of carbonyl (C=O) groups is 2. The predicted octanol–water partition coefficient (Wildman–Crippen LogP) is 1.35. The van der Waals surface area contributed by atoms with Crippen molar-refractivity contribution in [2.45, 2.75) is 53.0 Å². The first-order chi connectivity index (χ1) is 8.28. The minimum Gasteiger partial charge on any atom is -0.347 e. The number of amides is 2. The number of nitrogens with zero attached hydrogens (tertiary/aromatic N) is 1. The van der Waals surface area contributed by atoms with Gasteiger partial charge in [-0.25, -0.2) is 0 Å². The van der Waals surface area contributed by atoms with Crippen LogP contribution in [-0.2, 0) is 9.59 Å². The van der Waals surface area contributed by atoms with E-state index in [4.69, 9.17) is 5.26 Å². The Labute approximate surface area is 109 Å². The second kappa shape index (κ2) is 7.70. The van der Waals surface area contributed by atoms with Gasteiger partial charge in [0.1, 0.15) is 6.04 Å². The standard InChI is InChI=1S/C13H23N3O2/c1-5-6-10(8-14)16-12(18)9-15-11(17)7-13(2,3)4/h10H,5-7,9H2,1-4H3,(H,15,17)(H,16,18). The van der Waals surface area contributed by atoms with Gasteiger partial charge in [-0.3, -0.25) is 9.59 Å². The average molecular weight is 253 g/mol. The van der Waals surface area contributed by atoms with Gasteiger partial charge in [-0.05, 0) is 11.8 Å². The van der Waals surface area contributed by atoms with Crippen LogP contribution in [0.3, 0.4) is 0 Å². The van der Waals surface area contributed by atoms with Crippen LogP contribution in [0.2, 0.25) is 0 Å². The van der Waals surface area contributed by atoms with E-state index in [0.29, 0.717) is 12.8 Å². The van der Waals surface area contributed by atoms with Crippen LogP contribution in [0.25, 0.3) is 0 Å². The Kier molecular flexibility index (Phi) is 7.03. The number of carbonyl (C=O) groups excluding carboxylic acids is 2. The maximum atomic E-state index is 11.5. The Bertz CT molecular complexity index is 326. The zero-order valence-corrected chi connectivity index (χ0v) is 11.7. The molecule has 0 fully saturated rings. The molecular weight excluding hydrogens is 230 g/mol. The highest BCUT2D eigenvalue weighted by Gasteiger charge is 2.17. The van der Waals surface area contributed by atoms with Crippen LogP contribution in [0, 0.1) is 16.7 Å². The smallest absolute Gasteiger partial charge is 0.240 e. The third kappa shape index (κ3) is 8.57. The van der Waals surface area contributed by atoms with Crippen LogP contribution >= 0.6 is 0 Å². The number of nitriles is 1. The number of hydrogen-bond acceptors (Lipinski definition) is 3. The molecule has 0 saturated carbocycles. The summed E-state index contributed by atoms with van der Waals surface area (Å²) >= 11 is 0. The average Bonchev–Trinajstić information content (AvgIpc) is 2.23. The molecule has 0 bridgehead atoms. The Morgan fingerprint density at radius 1 is 1.28 bits per heavy atom. The molecule has 0 aromatic carbocycles. The summed E-state index contributed by atoms with van der Waals surface area (Å²) in [5.41, 5.74) is -0.0992. The molecule has 1 unspecified atom stereocenters. The molecule has 5 nitrogen and oxygen atoms in total. The van der Waals surface area contributed by atoms with E-state index in [2.05, 4.69) is 10.6 Å². The lowest BCUT2D eigenvalue weighted by Gasteiger charge is -2.17. The van der Waals surface area contributed by atoms with E-state index in [9.17, 15) is 9.59 Å². The van der Waals surface area contributed by atoms with Crippen molar-refractivity contribution < 1.29 is 9.59 Å². The molecule has 0 heterocycles. The molecule has 102 valence electrons. The molecule has 0 radical (unpaired) electrons. The van der Waals surface area contributed by atoms with Gasteiger partial charge in [0.15, 0.2) is 0 Å². The highest BCUT2D eigenvalue weighted by atomic mass is 16.2. The van der Waals surface area contributed by atoms with Crippen molar-refractivity contribution in [3.05, 3.63) is 0 Å². The molecule has 5 heteroatoms. The quantitative estimate of drug-likeness (QED) is 0.749. The Morgan fingerprint density at radius 2 is 1.89 bits per heavy atom. The molecule has 2 N–H and O–H groups in total. The van der Waals surface area contributed by atoms with E-state index in [0.717, 1.165) is 6.42 Å². The molecule has 1 atom stereocenters. The van der Waals surface area contributed by atoms with Crippen molar-refractivity contribution in [3.63, 3.8) is 0 Å². The molecular formula is C13H23N3O2. The minimum absolute atomic E-state index is 0.0726. The fraction of sp³-hybridized carbons (Fsp3) is 0.769. The summed E-state index contributed by atoms with van der Waals surface area (Å²) in [4.78, 5) is 23.0. The third-order valence-electron chi connectivity index (χ3n) is 2.21. The van der Waals surface area contributed by atoms with Gasteiger partial charge < -0.3 is 10.6 Å². The molecule has 18 heavy (non-hydrogen) atoms. The molecule has 0 aliphatic heterocycles. The first kappa shape index (κ1) is 16.4. The molecule has 0 aliphatic rings. The van der Waals surface area contributed by atoms with Crippen LogP contribution in [0.15, 0.2) is 0 Å². The predicted molar refractivity (Wildman–Crippen MR) is 69.5 cm³/mol. The zero-order valence-electron chi connectivity index (χ0n) is 11.7. The first-order valence-electron chi connectivity index (χ1n) is 6.24. The van der Waals surface area contributed by atoms with Crippen molar-refractivity contribution in [2.75, 3.05) is 6.54 Å². The molecule has 0 aliphatic carbocycles. The van der Waals surface area contributed by atoms with Gasteiger partial charge in [-0.15, -0.1) is 0 Å². The summed E-state index contributed by atoms with van der Waals surface area (Å²) in [6, 6.07) is 1.54. The lowest BCUT2D eigenvalue weighted by Crippen LogP contribution is -2.42. The second-order valence-electron chi connectivity index (χ2n) is 5.55. The lowest BCUT2D eigenvalue weighted by molar-refractivity contribution is -0.127. The van der Waals surface area contributed by atoms with Gasteiger partial charge in [-0.2, -0.15) is 5.26 Å². The van der Waals surface area contributed by atoms with Gasteiger partial charge in [0, 0.05) is 6.42 Å². The highest BCUT2D eigenvalue weighted by Crippen LogP contribution is 2.17. The summed E-state index contributed by atoms with van der Waals surface area (Å²) in [5.74, 6) is -0.473. The fourth-order valence-electron chi connectivity index (χ4n) is 1.43. The van der Waals surface area contributed by atoms with Gasteiger partial charge in [0.2, 0.25) is 11.8 Å². The van der Waals surface area contributed by atoms with E-state index in [1.54, 1.807) is 0 Å². The van der Waals surface area contributed by atoms with E-state index in [1.165, 1.54) is 0 Å². The normalized spacial score (nSPS) is 12.4. The number of rotatable bonds is 6. The Morgan fingerprint density at radius 3 is 2.33 bits per heavy atom. The Balaban J connectivity index is 3.97. The molecule has 2 amide bonds. The number of hydrogen-bond donors (Lipinski definition) is 2. The van der Waals surface area contributed by atoms with Crippen molar-refractivity contribution in [3.8, 4) is 6.07 Å². The molecule has 0 rings (SSSR count). The van der Waals surface area contributed by atoms with Gasteiger partial charge >= 0.3 is 0 Å². The first-order valence-corrected chi connectivity index (χ1v) is 6.24. The molecule has 0 aromatic rings. The van der Waals surface area contributed by atoms with Crippen LogP contribution in [0.4, 0.5) is 0 Å². The van der Waals surface area contributed by atoms with Crippen LogP contribution in [0.5, 0.6) is 0 Å². The topological polar surface area (TPSA) is 82.0 Å². The van der Waals surface area contributed by atoms with E-state index in [-0.39, 0.29) is 23.8 Å². The van der Waals surface area contributed by atoms with Gasteiger partial charge in [0.05, 0.1) is 12.6 Å².